The van der Waals surface area contributed by atoms with Gasteiger partial charge >= 0.3 is 0 Å². The van der Waals surface area contributed by atoms with Crippen LogP contribution in [0.3, 0.4) is 0 Å². The molecule has 0 saturated heterocycles. The molecule has 462 valence electrons. The van der Waals surface area contributed by atoms with E-state index in [0.717, 1.165) is 77.0 Å². The summed E-state index contributed by atoms with van der Waals surface area (Å²) in [6.45, 7) is 22.2. The zero-order chi connectivity index (χ0) is 59.2. The average molecular weight is 1130 g/mol. The first-order valence-corrected chi connectivity index (χ1v) is 34.0. The molecular weight excluding hydrogens is 1010 g/mol. The van der Waals surface area contributed by atoms with Gasteiger partial charge in [-0.05, 0) is 115 Å². The van der Waals surface area contributed by atoms with Gasteiger partial charge in [0.1, 0.15) is 33.6 Å². The highest BCUT2D eigenvalue weighted by molar-refractivity contribution is 5.25. The van der Waals surface area contributed by atoms with Crippen molar-refractivity contribution in [1.82, 2.24) is 0 Å². The van der Waals surface area contributed by atoms with E-state index in [4.69, 9.17) is 29.3 Å². The summed E-state index contributed by atoms with van der Waals surface area (Å²) in [5, 5.41) is 0. The minimum absolute atomic E-state index is 0.00556. The van der Waals surface area contributed by atoms with E-state index < -0.39 is 22.4 Å². The summed E-state index contributed by atoms with van der Waals surface area (Å²) < 4.78 is 0. The predicted octanol–water partition coefficient (Wildman–Crippen LogP) is 24.1. The Bertz CT molecular complexity index is 1970. The van der Waals surface area contributed by atoms with Crippen LogP contribution in [-0.2, 0) is 51.7 Å². The Balaban J connectivity index is 0.000000290. The van der Waals surface area contributed by atoms with E-state index in [1.54, 1.807) is 0 Å². The van der Waals surface area contributed by atoms with Crippen molar-refractivity contribution in [1.29, 1.82) is 0 Å². The highest BCUT2D eigenvalue weighted by atomic mass is 17.2. The Hall–Kier alpha value is -3.36. The molecule has 4 aromatic carbocycles. The summed E-state index contributed by atoms with van der Waals surface area (Å²) in [4.78, 5) is 37.1. The lowest BCUT2D eigenvalue weighted by Crippen LogP contribution is -2.33. The van der Waals surface area contributed by atoms with Gasteiger partial charge in [0.05, 0.1) is 0 Å². The first-order valence-electron chi connectivity index (χ1n) is 34.0. The van der Waals surface area contributed by atoms with Gasteiger partial charge in [0.15, 0.2) is 0 Å². The maximum Gasteiger partial charge on any atom is 0.126 e. The molecule has 0 aliphatic heterocycles. The van der Waals surface area contributed by atoms with Crippen LogP contribution in [0.15, 0.2) is 121 Å². The zero-order valence-corrected chi connectivity index (χ0v) is 54.5. The van der Waals surface area contributed by atoms with Crippen LogP contribution in [0.1, 0.15) is 323 Å². The summed E-state index contributed by atoms with van der Waals surface area (Å²) in [5.41, 5.74) is 2.96. The average Bonchev–Trinajstić information content (AvgIpc) is 4.32. The quantitative estimate of drug-likeness (QED) is 0.0251. The molecule has 2 fully saturated rings. The SMILES string of the molecule is CC1(OOC2(C)CCCC2)CCCC1.CCCCCCC(C)(OOC(C)(CCCCCC)c1ccccc1)c1ccccc1.CCCCCCCCCCC(C)(OOC(C)(CCCCCCCCCC)c1ccccc1)c1ccccc1. The van der Waals surface area contributed by atoms with Crippen molar-refractivity contribution < 1.29 is 29.3 Å². The molecule has 4 unspecified atom stereocenters. The molecule has 6 nitrogen and oxygen atoms in total. The van der Waals surface area contributed by atoms with Crippen LogP contribution < -0.4 is 0 Å². The molecule has 0 aromatic heterocycles. The topological polar surface area (TPSA) is 55.4 Å². The van der Waals surface area contributed by atoms with E-state index in [0.29, 0.717) is 0 Å². The van der Waals surface area contributed by atoms with Gasteiger partial charge in [-0.15, -0.1) is 0 Å². The summed E-state index contributed by atoms with van der Waals surface area (Å²) in [6.07, 6.45) is 44.4. The minimum atomic E-state index is -0.460. The second-order valence-corrected chi connectivity index (χ2v) is 26.3. The zero-order valence-electron chi connectivity index (χ0n) is 54.5. The summed E-state index contributed by atoms with van der Waals surface area (Å²) >= 11 is 0. The van der Waals surface area contributed by atoms with Crippen LogP contribution in [0.25, 0.3) is 0 Å². The van der Waals surface area contributed by atoms with E-state index in [9.17, 15) is 0 Å². The van der Waals surface area contributed by atoms with Gasteiger partial charge in [0, 0.05) is 0 Å². The number of hydrogen-bond donors (Lipinski definition) is 0. The van der Waals surface area contributed by atoms with Crippen LogP contribution >= 0.6 is 0 Å². The van der Waals surface area contributed by atoms with Gasteiger partial charge in [-0.2, -0.15) is 0 Å². The summed E-state index contributed by atoms with van der Waals surface area (Å²) in [5.74, 6) is 0. The van der Waals surface area contributed by atoms with Crippen molar-refractivity contribution in [2.24, 2.45) is 0 Å². The molecule has 0 bridgehead atoms. The third-order valence-corrected chi connectivity index (χ3v) is 18.2. The molecule has 0 radical (unpaired) electrons. The molecule has 2 aliphatic carbocycles. The standard InChI is InChI=1S/C36H58O2.C28H42O2.C12H22O2/c1-5-7-9-11-13-15-17-25-31-35(3,33-27-21-19-22-28-33)37-38-36(4,34-29-23-20-24-30-34)32-26-18-16-14-12-10-8-6-2;1-5-7-9-17-23-27(3,25-19-13-11-14-20-25)29-30-28(4,24-18-10-8-6-2)26-21-15-12-16-22-26;1-11(7-3-4-8-11)13-14-12(2)9-5-6-10-12/h19-24,27-30H,5-18,25-26,31-32H2,1-4H3;11-16,19-22H,5-10,17-18,23-24H2,1-4H3;3-10H2,1-2H3. The van der Waals surface area contributed by atoms with E-state index in [-0.39, 0.29) is 11.2 Å². The Labute approximate surface area is 504 Å². The molecule has 2 aliphatic rings. The van der Waals surface area contributed by atoms with Crippen LogP contribution in [0.2, 0.25) is 0 Å². The third kappa shape index (κ3) is 26.9. The predicted molar refractivity (Wildman–Crippen MR) is 347 cm³/mol. The van der Waals surface area contributed by atoms with Crippen molar-refractivity contribution in [3.8, 4) is 0 Å². The van der Waals surface area contributed by atoms with Crippen molar-refractivity contribution >= 4 is 0 Å². The molecule has 0 amide bonds. The molecule has 4 atom stereocenters. The van der Waals surface area contributed by atoms with Gasteiger partial charge < -0.3 is 0 Å². The van der Waals surface area contributed by atoms with Crippen LogP contribution in [0.5, 0.6) is 0 Å². The Kier molecular flexibility index (Phi) is 34.8. The van der Waals surface area contributed by atoms with Crippen molar-refractivity contribution in [3.05, 3.63) is 144 Å². The molecule has 6 rings (SSSR count). The van der Waals surface area contributed by atoms with Crippen LogP contribution in [0, 0.1) is 0 Å². The molecule has 82 heavy (non-hydrogen) atoms. The molecule has 4 aromatic rings. The van der Waals surface area contributed by atoms with Gasteiger partial charge in [-0.3, -0.25) is 0 Å². The molecule has 0 spiro atoms. The number of rotatable bonds is 41. The lowest BCUT2D eigenvalue weighted by atomic mass is 9.89. The summed E-state index contributed by atoms with van der Waals surface area (Å²) in [6, 6.07) is 42.5. The molecule has 0 N–H and O–H groups in total. The van der Waals surface area contributed by atoms with Crippen LogP contribution in [-0.4, -0.2) is 11.2 Å². The highest BCUT2D eigenvalue weighted by Gasteiger charge is 2.39. The summed E-state index contributed by atoms with van der Waals surface area (Å²) in [7, 11) is 0. The first kappa shape index (κ1) is 71.1. The van der Waals surface area contributed by atoms with E-state index >= 15 is 0 Å². The largest absolute Gasteiger partial charge is 0.230 e. The molecule has 0 heterocycles. The third-order valence-electron chi connectivity index (χ3n) is 18.2. The van der Waals surface area contributed by atoms with E-state index in [2.05, 4.69) is 191 Å². The molecule has 2 saturated carbocycles. The van der Waals surface area contributed by atoms with Gasteiger partial charge in [0.2, 0.25) is 0 Å². The fourth-order valence-electron chi connectivity index (χ4n) is 12.1. The number of unbranched alkanes of at least 4 members (excludes halogenated alkanes) is 20. The van der Waals surface area contributed by atoms with Crippen molar-refractivity contribution in [2.75, 3.05) is 0 Å². The Morgan fingerprint density at radius 2 is 0.463 bits per heavy atom. The van der Waals surface area contributed by atoms with Crippen molar-refractivity contribution in [2.45, 2.75) is 334 Å². The number of benzene rings is 4. The maximum atomic E-state index is 6.52. The fourth-order valence-corrected chi connectivity index (χ4v) is 12.1. The Morgan fingerprint density at radius 3 is 0.671 bits per heavy atom. The second-order valence-electron chi connectivity index (χ2n) is 26.3. The van der Waals surface area contributed by atoms with Gasteiger partial charge in [0.25, 0.3) is 0 Å². The first-order chi connectivity index (χ1) is 39.7. The highest BCUT2D eigenvalue weighted by Crippen LogP contribution is 2.41. The van der Waals surface area contributed by atoms with Gasteiger partial charge in [-0.25, -0.2) is 29.3 Å². The molecular formula is C76H122O6. The maximum absolute atomic E-state index is 6.52. The fraction of sp³-hybridized carbons (Fsp3) is 0.684. The van der Waals surface area contributed by atoms with Gasteiger partial charge in [-0.1, -0.05) is 329 Å². The Morgan fingerprint density at radius 1 is 0.280 bits per heavy atom. The van der Waals surface area contributed by atoms with Crippen molar-refractivity contribution in [3.63, 3.8) is 0 Å². The minimum Gasteiger partial charge on any atom is -0.230 e. The van der Waals surface area contributed by atoms with E-state index in [1.807, 2.05) is 0 Å². The lowest BCUT2D eigenvalue weighted by molar-refractivity contribution is -0.420. The molecule has 6 heteroatoms. The monoisotopic (exact) mass is 1130 g/mol. The van der Waals surface area contributed by atoms with Crippen LogP contribution in [0.4, 0.5) is 0 Å². The smallest absolute Gasteiger partial charge is 0.126 e. The number of hydrogen-bond acceptors (Lipinski definition) is 6. The second kappa shape index (κ2) is 40.1. The van der Waals surface area contributed by atoms with E-state index in [1.165, 1.54) is 176 Å². The normalized spacial score (nSPS) is 17.5. The lowest BCUT2D eigenvalue weighted by Gasteiger charge is -2.36.